The zero-order valence-corrected chi connectivity index (χ0v) is 11.2. The second kappa shape index (κ2) is 5.11. The number of ether oxygens (including phenoxy) is 1. The Bertz CT molecular complexity index is 471. The monoisotopic (exact) mass is 260 g/mol. The molecule has 102 valence electrons. The van der Waals surface area contributed by atoms with Crippen molar-refractivity contribution in [2.24, 2.45) is 11.8 Å². The van der Waals surface area contributed by atoms with Crippen molar-refractivity contribution in [2.45, 2.75) is 25.9 Å². The first-order chi connectivity index (χ1) is 9.24. The number of benzene rings is 1. The fourth-order valence-electron chi connectivity index (χ4n) is 2.47. The van der Waals surface area contributed by atoms with Crippen molar-refractivity contribution in [2.75, 3.05) is 18.4 Å². The third kappa shape index (κ3) is 2.83. The van der Waals surface area contributed by atoms with Crippen LogP contribution >= 0.6 is 0 Å². The van der Waals surface area contributed by atoms with Gasteiger partial charge in [-0.2, -0.15) is 0 Å². The molecular weight excluding hydrogens is 240 g/mol. The molecule has 1 heterocycles. The normalized spacial score (nSPS) is 22.7. The average molecular weight is 260 g/mol. The fraction of sp³-hybridized carbons (Fsp3) is 0.533. The van der Waals surface area contributed by atoms with Crippen molar-refractivity contribution in [3.8, 4) is 5.75 Å². The number of carbonyl (C=O) groups excluding carboxylic acids is 1. The highest BCUT2D eigenvalue weighted by Crippen LogP contribution is 2.36. The molecule has 1 fully saturated rings. The van der Waals surface area contributed by atoms with Gasteiger partial charge in [0, 0.05) is 6.54 Å². The van der Waals surface area contributed by atoms with Gasteiger partial charge in [0.05, 0.1) is 12.2 Å². The molecule has 4 nitrogen and oxygen atoms in total. The van der Waals surface area contributed by atoms with E-state index < -0.39 is 6.10 Å². The standard InChI is InChI=1S/C15H20N2O2/c1-10(11-6-7-11)8-17-15(18)14-9-16-12-4-2-3-5-13(12)19-14/h2-5,10-11,14,16H,6-9H2,1H3,(H,17,18). The Morgan fingerprint density at radius 3 is 3.05 bits per heavy atom. The lowest BCUT2D eigenvalue weighted by molar-refractivity contribution is -0.127. The maximum Gasteiger partial charge on any atom is 0.262 e. The minimum Gasteiger partial charge on any atom is -0.477 e. The molecule has 1 aliphatic carbocycles. The molecule has 1 aliphatic heterocycles. The number of hydrogen-bond donors (Lipinski definition) is 2. The van der Waals surface area contributed by atoms with Gasteiger partial charge >= 0.3 is 0 Å². The second-order valence-electron chi connectivity index (χ2n) is 5.54. The maximum absolute atomic E-state index is 12.1. The van der Waals surface area contributed by atoms with Crippen LogP contribution in [0.4, 0.5) is 5.69 Å². The molecule has 0 radical (unpaired) electrons. The van der Waals surface area contributed by atoms with Gasteiger partial charge in [-0.1, -0.05) is 19.1 Å². The van der Waals surface area contributed by atoms with E-state index in [9.17, 15) is 4.79 Å². The van der Waals surface area contributed by atoms with E-state index in [1.807, 2.05) is 24.3 Å². The Morgan fingerprint density at radius 1 is 1.47 bits per heavy atom. The molecule has 1 aromatic carbocycles. The topological polar surface area (TPSA) is 50.4 Å². The van der Waals surface area contributed by atoms with Crippen LogP contribution in [-0.2, 0) is 4.79 Å². The molecule has 0 saturated heterocycles. The van der Waals surface area contributed by atoms with Crippen molar-refractivity contribution in [1.82, 2.24) is 5.32 Å². The summed E-state index contributed by atoms with van der Waals surface area (Å²) in [6.45, 7) is 3.49. The first-order valence-corrected chi connectivity index (χ1v) is 7.01. The summed E-state index contributed by atoms with van der Waals surface area (Å²) >= 11 is 0. The molecule has 4 heteroatoms. The fourth-order valence-corrected chi connectivity index (χ4v) is 2.47. The highest BCUT2D eigenvalue weighted by molar-refractivity contribution is 5.83. The van der Waals surface area contributed by atoms with Gasteiger partial charge in [0.1, 0.15) is 5.75 Å². The molecule has 2 atom stereocenters. The molecule has 2 unspecified atom stereocenters. The Morgan fingerprint density at radius 2 is 2.26 bits per heavy atom. The van der Waals surface area contributed by atoms with E-state index in [2.05, 4.69) is 17.6 Å². The summed E-state index contributed by atoms with van der Waals surface area (Å²) in [5.41, 5.74) is 0.956. The maximum atomic E-state index is 12.1. The molecule has 1 saturated carbocycles. The summed E-state index contributed by atoms with van der Waals surface area (Å²) in [6.07, 6.45) is 2.19. The highest BCUT2D eigenvalue weighted by atomic mass is 16.5. The number of hydrogen-bond acceptors (Lipinski definition) is 3. The molecule has 1 aromatic rings. The first-order valence-electron chi connectivity index (χ1n) is 7.01. The van der Waals surface area contributed by atoms with Crippen LogP contribution in [0, 0.1) is 11.8 Å². The zero-order valence-electron chi connectivity index (χ0n) is 11.2. The van der Waals surface area contributed by atoms with Gasteiger partial charge in [-0.05, 0) is 36.8 Å². The van der Waals surface area contributed by atoms with Crippen LogP contribution < -0.4 is 15.4 Å². The number of anilines is 1. The second-order valence-corrected chi connectivity index (χ2v) is 5.54. The van der Waals surface area contributed by atoms with E-state index in [1.54, 1.807) is 0 Å². The Balaban J connectivity index is 1.53. The van der Waals surface area contributed by atoms with Crippen LogP contribution in [-0.4, -0.2) is 25.1 Å². The zero-order chi connectivity index (χ0) is 13.2. The summed E-state index contributed by atoms with van der Waals surface area (Å²) in [5.74, 6) is 2.12. The van der Waals surface area contributed by atoms with Crippen LogP contribution in [0.5, 0.6) is 5.75 Å². The van der Waals surface area contributed by atoms with Gasteiger partial charge in [-0.25, -0.2) is 0 Å². The first kappa shape index (κ1) is 12.3. The van der Waals surface area contributed by atoms with E-state index >= 15 is 0 Å². The quantitative estimate of drug-likeness (QED) is 0.871. The van der Waals surface area contributed by atoms with Crippen LogP contribution in [0.3, 0.4) is 0 Å². The summed E-state index contributed by atoms with van der Waals surface area (Å²) < 4.78 is 5.73. The summed E-state index contributed by atoms with van der Waals surface area (Å²) in [6, 6.07) is 7.70. The molecule has 3 rings (SSSR count). The lowest BCUT2D eigenvalue weighted by atomic mass is 10.1. The van der Waals surface area contributed by atoms with E-state index in [1.165, 1.54) is 12.8 Å². The summed E-state index contributed by atoms with van der Waals surface area (Å²) in [5, 5.41) is 6.23. The van der Waals surface area contributed by atoms with E-state index in [0.717, 1.165) is 23.9 Å². The van der Waals surface area contributed by atoms with Gasteiger partial charge in [-0.3, -0.25) is 4.79 Å². The van der Waals surface area contributed by atoms with Gasteiger partial charge in [0.15, 0.2) is 6.10 Å². The number of carbonyl (C=O) groups is 1. The van der Waals surface area contributed by atoms with Crippen LogP contribution in [0.15, 0.2) is 24.3 Å². The predicted molar refractivity (Wildman–Crippen MR) is 74.2 cm³/mol. The minimum absolute atomic E-state index is 0.0190. The van der Waals surface area contributed by atoms with E-state index in [0.29, 0.717) is 12.5 Å². The van der Waals surface area contributed by atoms with Gasteiger partial charge in [-0.15, -0.1) is 0 Å². The molecule has 2 aliphatic rings. The third-order valence-corrected chi connectivity index (χ3v) is 3.95. The number of fused-ring (bicyclic) bond motifs is 1. The molecule has 0 spiro atoms. The number of rotatable bonds is 4. The molecule has 1 amide bonds. The molecule has 0 aromatic heterocycles. The molecule has 19 heavy (non-hydrogen) atoms. The van der Waals surface area contributed by atoms with Crippen LogP contribution in [0.25, 0.3) is 0 Å². The predicted octanol–water partition coefficient (Wildman–Crippen LogP) is 2.02. The minimum atomic E-state index is -0.429. The van der Waals surface area contributed by atoms with Crippen molar-refractivity contribution in [3.63, 3.8) is 0 Å². The van der Waals surface area contributed by atoms with Crippen molar-refractivity contribution in [1.29, 1.82) is 0 Å². The van der Waals surface area contributed by atoms with E-state index in [4.69, 9.17) is 4.74 Å². The van der Waals surface area contributed by atoms with Crippen molar-refractivity contribution in [3.05, 3.63) is 24.3 Å². The molecule has 0 bridgehead atoms. The van der Waals surface area contributed by atoms with Crippen LogP contribution in [0.1, 0.15) is 19.8 Å². The van der Waals surface area contributed by atoms with Gasteiger partial charge in [0.2, 0.25) is 0 Å². The number of para-hydroxylation sites is 2. The van der Waals surface area contributed by atoms with Gasteiger partial charge in [0.25, 0.3) is 5.91 Å². The Labute approximate surface area is 113 Å². The Kier molecular flexibility index (Phi) is 3.32. The van der Waals surface area contributed by atoms with Crippen molar-refractivity contribution >= 4 is 11.6 Å². The SMILES string of the molecule is CC(CNC(=O)C1CNc2ccccc2O1)C1CC1. The lowest BCUT2D eigenvalue weighted by Crippen LogP contribution is -2.45. The number of amides is 1. The largest absolute Gasteiger partial charge is 0.477 e. The smallest absolute Gasteiger partial charge is 0.262 e. The van der Waals surface area contributed by atoms with Crippen LogP contribution in [0.2, 0.25) is 0 Å². The highest BCUT2D eigenvalue weighted by Gasteiger charge is 2.30. The third-order valence-electron chi connectivity index (χ3n) is 3.95. The Hall–Kier alpha value is -1.71. The molecule has 2 N–H and O–H groups in total. The van der Waals surface area contributed by atoms with Gasteiger partial charge < -0.3 is 15.4 Å². The molecular formula is C15H20N2O2. The van der Waals surface area contributed by atoms with E-state index in [-0.39, 0.29) is 5.91 Å². The lowest BCUT2D eigenvalue weighted by Gasteiger charge is -2.26. The number of nitrogens with one attached hydrogen (secondary N) is 2. The summed E-state index contributed by atoms with van der Waals surface area (Å²) in [4.78, 5) is 12.1. The average Bonchev–Trinajstić information content (AvgIpc) is 3.28. The van der Waals surface area contributed by atoms with Crippen molar-refractivity contribution < 1.29 is 9.53 Å². The summed E-state index contributed by atoms with van der Waals surface area (Å²) in [7, 11) is 0.